The molecule has 1 spiro atoms. The van der Waals surface area contributed by atoms with Crippen molar-refractivity contribution >= 4 is 23.6 Å². The molecule has 2 amide bonds. The summed E-state index contributed by atoms with van der Waals surface area (Å²) in [5.41, 5.74) is 0.214. The number of likely N-dealkylation sites (tertiary alicyclic amines) is 1. The summed E-state index contributed by atoms with van der Waals surface area (Å²) >= 11 is 5.81. The number of hydrogen-bond acceptors (Lipinski definition) is 5. The second kappa shape index (κ2) is 7.24. The topological polar surface area (TPSA) is 77.1 Å². The van der Waals surface area contributed by atoms with Crippen molar-refractivity contribution < 1.29 is 37.0 Å². The van der Waals surface area contributed by atoms with Crippen LogP contribution in [-0.2, 0) is 20.9 Å². The molecule has 1 aromatic rings. The number of carbonyl (C=O) groups excluding carboxylic acids is 2. The van der Waals surface area contributed by atoms with Crippen LogP contribution in [0.25, 0.3) is 0 Å². The number of ether oxygens (including phenoxy) is 3. The zero-order valence-electron chi connectivity index (χ0n) is 15.1. The Kier molecular flexibility index (Phi) is 5.02. The highest BCUT2D eigenvalue weighted by atomic mass is 35.5. The van der Waals surface area contributed by atoms with Gasteiger partial charge in [0.2, 0.25) is 5.91 Å². The number of halogens is 4. The van der Waals surface area contributed by atoms with Crippen molar-refractivity contribution in [1.82, 2.24) is 10.2 Å². The Labute approximate surface area is 169 Å². The standard InChI is InChI=1S/C18H18ClF3N2O5/c19-13-3-10(1-2-14(13)29-18(20,21)22)8-27-12-6-24(7-12)15(25)11-4-17(5-11)9-28-16(26)23-17/h1-3,11-12H,4-9H2,(H,23,26)/t11-,17-. The van der Waals surface area contributed by atoms with Crippen LogP contribution in [0.5, 0.6) is 5.75 Å². The average Bonchev–Trinajstić information content (AvgIpc) is 2.95. The Morgan fingerprint density at radius 1 is 1.34 bits per heavy atom. The molecular formula is C18H18ClF3N2O5. The van der Waals surface area contributed by atoms with Gasteiger partial charge in [0.25, 0.3) is 0 Å². The first-order valence-corrected chi connectivity index (χ1v) is 9.40. The molecular weight excluding hydrogens is 417 g/mol. The summed E-state index contributed by atoms with van der Waals surface area (Å²) in [6.45, 7) is 1.37. The third-order valence-corrected chi connectivity index (χ3v) is 5.63. The van der Waals surface area contributed by atoms with Crippen LogP contribution in [0.2, 0.25) is 5.02 Å². The lowest BCUT2D eigenvalue weighted by molar-refractivity contribution is -0.274. The fourth-order valence-corrected chi connectivity index (χ4v) is 4.05. The van der Waals surface area contributed by atoms with Crippen LogP contribution >= 0.6 is 11.6 Å². The SMILES string of the molecule is O=C1N[C@]2(CO1)C[C@@H](C(=O)N1CC(OCc3ccc(OC(F)(F)F)c(Cl)c3)C1)C2. The number of rotatable bonds is 5. The Morgan fingerprint density at radius 2 is 2.07 bits per heavy atom. The van der Waals surface area contributed by atoms with Crippen LogP contribution in [0.3, 0.4) is 0 Å². The molecule has 1 aromatic carbocycles. The van der Waals surface area contributed by atoms with E-state index in [9.17, 15) is 22.8 Å². The third kappa shape index (κ3) is 4.37. The normalized spacial score (nSPS) is 26.6. The van der Waals surface area contributed by atoms with Gasteiger partial charge in [-0.15, -0.1) is 13.2 Å². The van der Waals surface area contributed by atoms with Gasteiger partial charge in [-0.2, -0.15) is 0 Å². The second-order valence-electron chi connectivity index (χ2n) is 7.58. The fraction of sp³-hybridized carbons (Fsp3) is 0.556. The lowest BCUT2D eigenvalue weighted by Crippen LogP contribution is -2.62. The molecule has 158 valence electrons. The summed E-state index contributed by atoms with van der Waals surface area (Å²) in [5, 5.41) is 2.60. The number of nitrogens with zero attached hydrogens (tertiary/aromatic N) is 1. The highest BCUT2D eigenvalue weighted by Crippen LogP contribution is 2.42. The van der Waals surface area contributed by atoms with E-state index in [1.54, 1.807) is 4.90 Å². The molecule has 2 saturated heterocycles. The Hall–Kier alpha value is -2.20. The molecule has 2 heterocycles. The average molecular weight is 435 g/mol. The molecule has 0 aromatic heterocycles. The summed E-state index contributed by atoms with van der Waals surface area (Å²) in [6.07, 6.45) is -4.24. The predicted molar refractivity (Wildman–Crippen MR) is 93.2 cm³/mol. The molecule has 2 aliphatic heterocycles. The summed E-state index contributed by atoms with van der Waals surface area (Å²) < 4.78 is 51.2. The van der Waals surface area contributed by atoms with E-state index in [4.69, 9.17) is 21.1 Å². The molecule has 0 bridgehead atoms. The molecule has 1 saturated carbocycles. The van der Waals surface area contributed by atoms with Crippen molar-refractivity contribution in [2.45, 2.75) is 37.5 Å². The maximum Gasteiger partial charge on any atom is 0.573 e. The van der Waals surface area contributed by atoms with E-state index in [2.05, 4.69) is 10.1 Å². The van der Waals surface area contributed by atoms with Crippen LogP contribution in [0.15, 0.2) is 18.2 Å². The number of alkyl halides is 3. The molecule has 4 rings (SSSR count). The summed E-state index contributed by atoms with van der Waals surface area (Å²) in [6, 6.07) is 3.94. The first-order valence-electron chi connectivity index (χ1n) is 9.02. The maximum absolute atomic E-state index is 12.4. The summed E-state index contributed by atoms with van der Waals surface area (Å²) in [7, 11) is 0. The summed E-state index contributed by atoms with van der Waals surface area (Å²) in [5.74, 6) is -0.559. The number of benzene rings is 1. The van der Waals surface area contributed by atoms with Crippen molar-refractivity contribution in [3.8, 4) is 5.75 Å². The smallest absolute Gasteiger partial charge is 0.447 e. The van der Waals surface area contributed by atoms with Gasteiger partial charge in [-0.3, -0.25) is 4.79 Å². The Bertz CT molecular complexity index is 822. The molecule has 0 atom stereocenters. The summed E-state index contributed by atoms with van der Waals surface area (Å²) in [4.78, 5) is 25.3. The molecule has 3 fully saturated rings. The first kappa shape index (κ1) is 20.1. The molecule has 11 heteroatoms. The second-order valence-corrected chi connectivity index (χ2v) is 7.98. The van der Waals surface area contributed by atoms with Gasteiger partial charge in [0.15, 0.2) is 0 Å². The number of cyclic esters (lactones) is 1. The third-order valence-electron chi connectivity index (χ3n) is 5.34. The van der Waals surface area contributed by atoms with Crippen molar-refractivity contribution in [1.29, 1.82) is 0 Å². The van der Waals surface area contributed by atoms with Gasteiger partial charge in [0.05, 0.1) is 23.3 Å². The van der Waals surface area contributed by atoms with Crippen LogP contribution in [-0.4, -0.2) is 54.6 Å². The molecule has 1 N–H and O–H groups in total. The van der Waals surface area contributed by atoms with Crippen molar-refractivity contribution in [3.05, 3.63) is 28.8 Å². The quantitative estimate of drug-likeness (QED) is 0.771. The van der Waals surface area contributed by atoms with Crippen LogP contribution < -0.4 is 10.1 Å². The fourth-order valence-electron chi connectivity index (χ4n) is 3.81. The largest absolute Gasteiger partial charge is 0.573 e. The van der Waals surface area contributed by atoms with Crippen LogP contribution in [0.4, 0.5) is 18.0 Å². The molecule has 0 unspecified atom stereocenters. The lowest BCUT2D eigenvalue weighted by Gasteiger charge is -2.47. The minimum atomic E-state index is -4.81. The van der Waals surface area contributed by atoms with E-state index in [1.807, 2.05) is 0 Å². The van der Waals surface area contributed by atoms with E-state index in [0.29, 0.717) is 38.1 Å². The van der Waals surface area contributed by atoms with Gasteiger partial charge in [0, 0.05) is 19.0 Å². The van der Waals surface area contributed by atoms with Gasteiger partial charge >= 0.3 is 12.5 Å². The highest BCUT2D eigenvalue weighted by Gasteiger charge is 2.54. The van der Waals surface area contributed by atoms with E-state index >= 15 is 0 Å². The van der Waals surface area contributed by atoms with Gasteiger partial charge < -0.3 is 24.4 Å². The zero-order chi connectivity index (χ0) is 20.8. The van der Waals surface area contributed by atoms with Crippen molar-refractivity contribution in [2.24, 2.45) is 5.92 Å². The van der Waals surface area contributed by atoms with Crippen molar-refractivity contribution in [2.75, 3.05) is 19.7 Å². The first-order chi connectivity index (χ1) is 13.6. The Balaban J connectivity index is 1.19. The van der Waals surface area contributed by atoms with Crippen molar-refractivity contribution in [3.63, 3.8) is 0 Å². The van der Waals surface area contributed by atoms with E-state index in [0.717, 1.165) is 6.07 Å². The van der Waals surface area contributed by atoms with Gasteiger partial charge in [0.1, 0.15) is 12.4 Å². The highest BCUT2D eigenvalue weighted by molar-refractivity contribution is 6.32. The monoisotopic (exact) mass is 434 g/mol. The maximum atomic E-state index is 12.4. The number of amides is 2. The minimum Gasteiger partial charge on any atom is -0.447 e. The lowest BCUT2D eigenvalue weighted by atomic mass is 9.68. The minimum absolute atomic E-state index is 0.0355. The van der Waals surface area contributed by atoms with Gasteiger partial charge in [-0.25, -0.2) is 4.79 Å². The predicted octanol–water partition coefficient (Wildman–Crippen LogP) is 2.85. The van der Waals surface area contributed by atoms with Crippen LogP contribution in [0.1, 0.15) is 18.4 Å². The van der Waals surface area contributed by atoms with Crippen LogP contribution in [0, 0.1) is 5.92 Å². The number of hydrogen-bond donors (Lipinski definition) is 1. The number of alkyl carbamates (subject to hydrolysis) is 1. The molecule has 3 aliphatic rings. The van der Waals surface area contributed by atoms with E-state index < -0.39 is 18.2 Å². The molecule has 29 heavy (non-hydrogen) atoms. The molecule has 7 nitrogen and oxygen atoms in total. The molecule has 0 radical (unpaired) electrons. The van der Waals surface area contributed by atoms with Gasteiger partial charge in [-0.05, 0) is 30.5 Å². The zero-order valence-corrected chi connectivity index (χ0v) is 15.9. The number of carbonyl (C=O) groups is 2. The van der Waals surface area contributed by atoms with E-state index in [1.165, 1.54) is 12.1 Å². The van der Waals surface area contributed by atoms with Gasteiger partial charge in [-0.1, -0.05) is 17.7 Å². The Morgan fingerprint density at radius 3 is 2.66 bits per heavy atom. The van der Waals surface area contributed by atoms with E-state index in [-0.39, 0.29) is 35.1 Å². The molecule has 1 aliphatic carbocycles. The number of nitrogens with one attached hydrogen (secondary N) is 1.